The van der Waals surface area contributed by atoms with Crippen LogP contribution in [0.1, 0.15) is 38.5 Å². The summed E-state index contributed by atoms with van der Waals surface area (Å²) in [5.74, 6) is 0. The molecule has 0 radical (unpaired) electrons. The van der Waals surface area contributed by atoms with Crippen LogP contribution in [0.5, 0.6) is 0 Å². The van der Waals surface area contributed by atoms with Gasteiger partial charge in [-0.25, -0.2) is 0 Å². The first-order valence-corrected chi connectivity index (χ1v) is 5.96. The maximum absolute atomic E-state index is 4.02. The summed E-state index contributed by atoms with van der Waals surface area (Å²) in [7, 11) is 0. The molecule has 0 spiro atoms. The SMILES string of the molecule is C=CCCCC(=C)C=CC(=C)CCCC=C. The van der Waals surface area contributed by atoms with Crippen molar-refractivity contribution in [1.29, 1.82) is 0 Å². The van der Waals surface area contributed by atoms with Gasteiger partial charge >= 0.3 is 0 Å². The van der Waals surface area contributed by atoms with E-state index in [9.17, 15) is 0 Å². The van der Waals surface area contributed by atoms with Crippen LogP contribution < -0.4 is 0 Å². The summed E-state index contributed by atoms with van der Waals surface area (Å²) >= 11 is 0. The van der Waals surface area contributed by atoms with Crippen molar-refractivity contribution in [2.75, 3.05) is 0 Å². The van der Waals surface area contributed by atoms with Crippen LogP contribution in [0.2, 0.25) is 0 Å². The molecule has 0 saturated carbocycles. The van der Waals surface area contributed by atoms with Gasteiger partial charge in [0, 0.05) is 0 Å². The molecule has 0 aliphatic rings. The zero-order chi connectivity index (χ0) is 12.2. The van der Waals surface area contributed by atoms with Gasteiger partial charge in [0.2, 0.25) is 0 Å². The molecule has 0 rings (SSSR count). The molecule has 0 fully saturated rings. The Kier molecular flexibility index (Phi) is 9.39. The number of rotatable bonds is 10. The molecule has 0 aromatic rings. The molecule has 0 bridgehead atoms. The van der Waals surface area contributed by atoms with Crippen molar-refractivity contribution in [2.24, 2.45) is 0 Å². The third-order valence-electron chi connectivity index (χ3n) is 2.37. The topological polar surface area (TPSA) is 0 Å². The van der Waals surface area contributed by atoms with Gasteiger partial charge in [0.25, 0.3) is 0 Å². The fraction of sp³-hybridized carbons (Fsp3) is 0.375. The Morgan fingerprint density at radius 1 is 0.750 bits per heavy atom. The Hall–Kier alpha value is -1.30. The first-order valence-electron chi connectivity index (χ1n) is 5.96. The minimum absolute atomic E-state index is 1.04. The molecule has 0 saturated heterocycles. The lowest BCUT2D eigenvalue weighted by atomic mass is 10.1. The van der Waals surface area contributed by atoms with Gasteiger partial charge in [-0.15, -0.1) is 13.2 Å². The van der Waals surface area contributed by atoms with Crippen molar-refractivity contribution in [3.8, 4) is 0 Å². The fourth-order valence-electron chi connectivity index (χ4n) is 1.35. The molecule has 0 amide bonds. The lowest BCUT2D eigenvalue weighted by molar-refractivity contribution is 0.843. The molecule has 0 heterocycles. The van der Waals surface area contributed by atoms with Gasteiger partial charge in [0.1, 0.15) is 0 Å². The maximum atomic E-state index is 4.02. The smallest absolute Gasteiger partial charge is 0.0282 e. The summed E-state index contributed by atoms with van der Waals surface area (Å²) < 4.78 is 0. The second kappa shape index (κ2) is 10.2. The molecule has 0 heteroatoms. The molecule has 0 nitrogen and oxygen atoms in total. The van der Waals surface area contributed by atoms with Crippen LogP contribution in [0.3, 0.4) is 0 Å². The standard InChI is InChI=1S/C16H24/c1-5-7-9-11-15(3)13-14-16(4)12-10-8-6-2/h5-6,13-14H,1-4,7-12H2. The number of hydrogen-bond acceptors (Lipinski definition) is 0. The highest BCUT2D eigenvalue weighted by Gasteiger charge is 1.91. The van der Waals surface area contributed by atoms with E-state index in [1.54, 1.807) is 0 Å². The Bertz CT molecular complexity index is 238. The van der Waals surface area contributed by atoms with E-state index in [1.165, 1.54) is 11.1 Å². The van der Waals surface area contributed by atoms with Crippen LogP contribution in [0.4, 0.5) is 0 Å². The Morgan fingerprint density at radius 3 is 1.44 bits per heavy atom. The minimum Gasteiger partial charge on any atom is -0.103 e. The van der Waals surface area contributed by atoms with E-state index < -0.39 is 0 Å². The fourth-order valence-corrected chi connectivity index (χ4v) is 1.35. The van der Waals surface area contributed by atoms with Crippen molar-refractivity contribution in [3.63, 3.8) is 0 Å². The Balaban J connectivity index is 3.70. The monoisotopic (exact) mass is 216 g/mol. The van der Waals surface area contributed by atoms with E-state index in [-0.39, 0.29) is 0 Å². The molecule has 0 unspecified atom stereocenters. The highest BCUT2D eigenvalue weighted by atomic mass is 14.0. The van der Waals surface area contributed by atoms with Gasteiger partial charge in [-0.2, -0.15) is 0 Å². The van der Waals surface area contributed by atoms with E-state index in [2.05, 4.69) is 38.5 Å². The van der Waals surface area contributed by atoms with Crippen LogP contribution >= 0.6 is 0 Å². The van der Waals surface area contributed by atoms with Crippen LogP contribution in [-0.2, 0) is 0 Å². The lowest BCUT2D eigenvalue weighted by Gasteiger charge is -2.00. The lowest BCUT2D eigenvalue weighted by Crippen LogP contribution is -1.80. The average Bonchev–Trinajstić information content (AvgIpc) is 2.27. The summed E-state index contributed by atoms with van der Waals surface area (Å²) in [6.45, 7) is 15.4. The number of hydrogen-bond donors (Lipinski definition) is 0. The normalized spacial score (nSPS) is 10.2. The molecule has 0 aliphatic carbocycles. The highest BCUT2D eigenvalue weighted by Crippen LogP contribution is 2.11. The quantitative estimate of drug-likeness (QED) is 0.262. The molecule has 88 valence electrons. The zero-order valence-electron chi connectivity index (χ0n) is 10.4. The molecule has 0 aromatic carbocycles. The van der Waals surface area contributed by atoms with E-state index in [0.29, 0.717) is 0 Å². The average molecular weight is 216 g/mol. The van der Waals surface area contributed by atoms with Gasteiger partial charge in [-0.1, -0.05) is 48.6 Å². The summed E-state index contributed by atoms with van der Waals surface area (Å²) in [5.41, 5.74) is 2.35. The second-order valence-electron chi connectivity index (χ2n) is 4.01. The van der Waals surface area contributed by atoms with E-state index in [0.717, 1.165) is 38.5 Å². The Labute approximate surface area is 101 Å². The minimum atomic E-state index is 1.04. The molecular weight excluding hydrogens is 192 g/mol. The summed E-state index contributed by atoms with van der Waals surface area (Å²) in [4.78, 5) is 0. The largest absolute Gasteiger partial charge is 0.103 e. The molecule has 0 atom stereocenters. The maximum Gasteiger partial charge on any atom is -0.0282 e. The number of unbranched alkanes of at least 4 members (excludes halogenated alkanes) is 2. The predicted octanol–water partition coefficient (Wildman–Crippen LogP) is 5.37. The second-order valence-corrected chi connectivity index (χ2v) is 4.01. The summed E-state index contributed by atoms with van der Waals surface area (Å²) in [6, 6.07) is 0. The van der Waals surface area contributed by atoms with Gasteiger partial charge in [0.05, 0.1) is 0 Å². The van der Waals surface area contributed by atoms with Gasteiger partial charge < -0.3 is 0 Å². The first-order chi connectivity index (χ1) is 7.70. The van der Waals surface area contributed by atoms with Crippen LogP contribution in [0.25, 0.3) is 0 Å². The van der Waals surface area contributed by atoms with Crippen molar-refractivity contribution in [3.05, 3.63) is 61.8 Å². The van der Waals surface area contributed by atoms with E-state index in [1.807, 2.05) is 12.2 Å². The van der Waals surface area contributed by atoms with E-state index >= 15 is 0 Å². The number of allylic oxidation sites excluding steroid dienone is 6. The predicted molar refractivity (Wildman–Crippen MR) is 75.5 cm³/mol. The summed E-state index contributed by atoms with van der Waals surface area (Å²) in [6.07, 6.45) is 14.5. The Morgan fingerprint density at radius 2 is 1.12 bits per heavy atom. The van der Waals surface area contributed by atoms with Crippen molar-refractivity contribution < 1.29 is 0 Å². The third-order valence-corrected chi connectivity index (χ3v) is 2.37. The van der Waals surface area contributed by atoms with Gasteiger partial charge in [-0.05, 0) is 38.5 Å². The molecular formula is C16H24. The molecule has 0 N–H and O–H groups in total. The zero-order valence-corrected chi connectivity index (χ0v) is 10.4. The van der Waals surface area contributed by atoms with Crippen LogP contribution in [0.15, 0.2) is 61.8 Å². The van der Waals surface area contributed by atoms with Crippen molar-refractivity contribution in [2.45, 2.75) is 38.5 Å². The third kappa shape index (κ3) is 9.26. The van der Waals surface area contributed by atoms with Crippen LogP contribution in [0, 0.1) is 0 Å². The molecule has 16 heavy (non-hydrogen) atoms. The first kappa shape index (κ1) is 14.7. The van der Waals surface area contributed by atoms with E-state index in [4.69, 9.17) is 0 Å². The highest BCUT2D eigenvalue weighted by molar-refractivity contribution is 5.24. The van der Waals surface area contributed by atoms with Crippen LogP contribution in [-0.4, -0.2) is 0 Å². The van der Waals surface area contributed by atoms with Gasteiger partial charge in [-0.3, -0.25) is 0 Å². The molecule has 0 aromatic heterocycles. The summed E-state index contributed by atoms with van der Waals surface area (Å²) in [5, 5.41) is 0. The van der Waals surface area contributed by atoms with Crippen molar-refractivity contribution in [1.82, 2.24) is 0 Å². The van der Waals surface area contributed by atoms with Gasteiger partial charge in [0.15, 0.2) is 0 Å². The van der Waals surface area contributed by atoms with Crippen molar-refractivity contribution >= 4 is 0 Å². The molecule has 0 aliphatic heterocycles.